The van der Waals surface area contributed by atoms with Gasteiger partial charge in [0.1, 0.15) is 5.75 Å². The van der Waals surface area contributed by atoms with E-state index >= 15 is 0 Å². The molecule has 108 valence electrons. The molecular weight excluding hydrogens is 270 g/mol. The number of nitrogens with zero attached hydrogens (tertiary/aromatic N) is 2. The van der Waals surface area contributed by atoms with E-state index in [-0.39, 0.29) is 0 Å². The van der Waals surface area contributed by atoms with E-state index in [2.05, 4.69) is 25.0 Å². The Morgan fingerprint density at radius 1 is 1.40 bits per heavy atom. The number of thioether (sulfide) groups is 1. The first-order chi connectivity index (χ1) is 9.63. The molecule has 0 radical (unpaired) electrons. The predicted octanol–water partition coefficient (Wildman–Crippen LogP) is 3.74. The lowest BCUT2D eigenvalue weighted by Crippen LogP contribution is -2.04. The molecule has 2 N–H and O–H groups in total. The van der Waals surface area contributed by atoms with Crippen molar-refractivity contribution in [2.75, 3.05) is 12.8 Å². The van der Waals surface area contributed by atoms with Crippen molar-refractivity contribution in [1.29, 1.82) is 0 Å². The lowest BCUT2D eigenvalue weighted by atomic mass is 10.3. The van der Waals surface area contributed by atoms with Crippen LogP contribution in [0.4, 0.5) is 5.69 Å². The van der Waals surface area contributed by atoms with Gasteiger partial charge in [-0.15, -0.1) is 11.8 Å². The van der Waals surface area contributed by atoms with Gasteiger partial charge in [0.05, 0.1) is 12.8 Å². The minimum atomic E-state index is 0.444. The van der Waals surface area contributed by atoms with Crippen molar-refractivity contribution >= 4 is 17.4 Å². The number of hydrogen-bond acceptors (Lipinski definition) is 4. The quantitative estimate of drug-likeness (QED) is 0.650. The van der Waals surface area contributed by atoms with Gasteiger partial charge in [-0.05, 0) is 31.5 Å². The Labute approximate surface area is 124 Å². The highest BCUT2D eigenvalue weighted by Gasteiger charge is 2.08. The highest BCUT2D eigenvalue weighted by molar-refractivity contribution is 7.98. The molecule has 0 spiro atoms. The van der Waals surface area contributed by atoms with E-state index in [1.807, 2.05) is 29.1 Å². The first kappa shape index (κ1) is 14.8. The second-order valence-corrected chi connectivity index (χ2v) is 5.76. The molecule has 0 aliphatic rings. The molecular formula is C15H21N3OS. The monoisotopic (exact) mass is 291 g/mol. The standard InChI is InChI=1S/C15H21N3OS/c1-4-11(2)18-8-7-13(17-18)10-20-15-6-5-12(16)9-14(15)19-3/h5-9,11H,4,10,16H2,1-3H3. The summed E-state index contributed by atoms with van der Waals surface area (Å²) in [4.78, 5) is 1.08. The number of ether oxygens (including phenoxy) is 1. The fraction of sp³-hybridized carbons (Fsp3) is 0.400. The van der Waals surface area contributed by atoms with Crippen molar-refractivity contribution in [3.63, 3.8) is 0 Å². The van der Waals surface area contributed by atoms with Gasteiger partial charge in [0.2, 0.25) is 0 Å². The molecule has 5 heteroatoms. The van der Waals surface area contributed by atoms with Gasteiger partial charge < -0.3 is 10.5 Å². The summed E-state index contributed by atoms with van der Waals surface area (Å²) < 4.78 is 7.37. The van der Waals surface area contributed by atoms with Crippen molar-refractivity contribution in [3.8, 4) is 5.75 Å². The van der Waals surface area contributed by atoms with Crippen molar-refractivity contribution < 1.29 is 4.74 Å². The predicted molar refractivity (Wildman–Crippen MR) is 84.2 cm³/mol. The fourth-order valence-electron chi connectivity index (χ4n) is 1.84. The molecule has 4 nitrogen and oxygen atoms in total. The number of hydrogen-bond donors (Lipinski definition) is 1. The third kappa shape index (κ3) is 3.48. The third-order valence-corrected chi connectivity index (χ3v) is 4.36. The van der Waals surface area contributed by atoms with Crippen molar-refractivity contribution in [2.45, 2.75) is 37.0 Å². The molecule has 0 saturated carbocycles. The molecule has 0 aliphatic heterocycles. The summed E-state index contributed by atoms with van der Waals surface area (Å²) in [5, 5.41) is 4.60. The minimum absolute atomic E-state index is 0.444. The van der Waals surface area contributed by atoms with E-state index in [1.165, 1.54) is 0 Å². The topological polar surface area (TPSA) is 53.1 Å². The summed E-state index contributed by atoms with van der Waals surface area (Å²) in [6.07, 6.45) is 3.13. The first-order valence-electron chi connectivity index (χ1n) is 6.74. The Hall–Kier alpha value is -1.62. The van der Waals surface area contributed by atoms with Gasteiger partial charge >= 0.3 is 0 Å². The average molecular weight is 291 g/mol. The van der Waals surface area contributed by atoms with Gasteiger partial charge in [0, 0.05) is 34.6 Å². The molecule has 0 bridgehead atoms. The van der Waals surface area contributed by atoms with E-state index in [0.717, 1.165) is 28.5 Å². The number of anilines is 1. The van der Waals surface area contributed by atoms with Crippen LogP contribution in [0.3, 0.4) is 0 Å². The second-order valence-electron chi connectivity index (χ2n) is 4.74. The van der Waals surface area contributed by atoms with Gasteiger partial charge in [-0.25, -0.2) is 0 Å². The summed E-state index contributed by atoms with van der Waals surface area (Å²) in [6.45, 7) is 4.34. The van der Waals surface area contributed by atoms with Crippen LogP contribution in [-0.4, -0.2) is 16.9 Å². The van der Waals surface area contributed by atoms with Crippen LogP contribution in [0, 0.1) is 0 Å². The van der Waals surface area contributed by atoms with E-state index < -0.39 is 0 Å². The minimum Gasteiger partial charge on any atom is -0.496 e. The van der Waals surface area contributed by atoms with Crippen molar-refractivity contribution in [2.24, 2.45) is 0 Å². The van der Waals surface area contributed by atoms with Crippen LogP contribution < -0.4 is 10.5 Å². The van der Waals surface area contributed by atoms with Crippen LogP contribution in [0.2, 0.25) is 0 Å². The lowest BCUT2D eigenvalue weighted by Gasteiger charge is -2.09. The fourth-order valence-corrected chi connectivity index (χ4v) is 2.75. The largest absolute Gasteiger partial charge is 0.496 e. The Morgan fingerprint density at radius 3 is 2.90 bits per heavy atom. The Morgan fingerprint density at radius 2 is 2.20 bits per heavy atom. The molecule has 0 fully saturated rings. The number of nitrogen functional groups attached to an aromatic ring is 1. The molecule has 2 aromatic rings. The zero-order chi connectivity index (χ0) is 14.5. The first-order valence-corrected chi connectivity index (χ1v) is 7.73. The van der Waals surface area contributed by atoms with Crippen LogP contribution >= 0.6 is 11.8 Å². The lowest BCUT2D eigenvalue weighted by molar-refractivity contribution is 0.405. The maximum atomic E-state index is 5.76. The smallest absolute Gasteiger partial charge is 0.134 e. The summed E-state index contributed by atoms with van der Waals surface area (Å²) in [6, 6.07) is 8.25. The third-order valence-electron chi connectivity index (χ3n) is 3.27. The van der Waals surface area contributed by atoms with Gasteiger partial charge in [-0.3, -0.25) is 4.68 Å². The average Bonchev–Trinajstić information content (AvgIpc) is 2.93. The number of benzene rings is 1. The van der Waals surface area contributed by atoms with E-state index in [9.17, 15) is 0 Å². The van der Waals surface area contributed by atoms with Crippen LogP contribution in [0.15, 0.2) is 35.4 Å². The highest BCUT2D eigenvalue weighted by Crippen LogP contribution is 2.32. The summed E-state index contributed by atoms with van der Waals surface area (Å²) >= 11 is 1.71. The molecule has 20 heavy (non-hydrogen) atoms. The molecule has 0 amide bonds. The number of rotatable bonds is 6. The summed E-state index contributed by atoms with van der Waals surface area (Å²) in [5.74, 6) is 1.64. The molecule has 1 atom stereocenters. The normalized spacial score (nSPS) is 12.3. The number of nitrogens with two attached hydrogens (primary N) is 1. The molecule has 1 heterocycles. The molecule has 2 rings (SSSR count). The Balaban J connectivity index is 2.03. The van der Waals surface area contributed by atoms with Crippen molar-refractivity contribution in [1.82, 2.24) is 9.78 Å². The van der Waals surface area contributed by atoms with E-state index in [0.29, 0.717) is 11.7 Å². The number of aromatic nitrogens is 2. The zero-order valence-electron chi connectivity index (χ0n) is 12.2. The van der Waals surface area contributed by atoms with Gasteiger partial charge in [-0.1, -0.05) is 6.92 Å². The summed E-state index contributed by atoms with van der Waals surface area (Å²) in [5.41, 5.74) is 7.55. The van der Waals surface area contributed by atoms with Crippen molar-refractivity contribution in [3.05, 3.63) is 36.2 Å². The molecule has 0 saturated heterocycles. The number of methoxy groups -OCH3 is 1. The van der Waals surface area contributed by atoms with Gasteiger partial charge in [0.15, 0.2) is 0 Å². The summed E-state index contributed by atoms with van der Waals surface area (Å²) in [7, 11) is 1.66. The van der Waals surface area contributed by atoms with Crippen LogP contribution in [0.25, 0.3) is 0 Å². The van der Waals surface area contributed by atoms with Crippen LogP contribution in [0.5, 0.6) is 5.75 Å². The van der Waals surface area contributed by atoms with Crippen LogP contribution in [0.1, 0.15) is 32.0 Å². The van der Waals surface area contributed by atoms with Crippen LogP contribution in [-0.2, 0) is 5.75 Å². The van der Waals surface area contributed by atoms with E-state index in [4.69, 9.17) is 10.5 Å². The molecule has 1 aromatic carbocycles. The van der Waals surface area contributed by atoms with E-state index in [1.54, 1.807) is 18.9 Å². The molecule has 0 aliphatic carbocycles. The Bertz CT molecular complexity index is 568. The molecule has 1 aromatic heterocycles. The second kappa shape index (κ2) is 6.70. The Kier molecular flexibility index (Phi) is 4.95. The maximum absolute atomic E-state index is 5.76. The highest BCUT2D eigenvalue weighted by atomic mass is 32.2. The zero-order valence-corrected chi connectivity index (χ0v) is 13.0. The molecule has 1 unspecified atom stereocenters. The maximum Gasteiger partial charge on any atom is 0.134 e. The SMILES string of the molecule is CCC(C)n1ccc(CSc2ccc(N)cc2OC)n1. The van der Waals surface area contributed by atoms with Gasteiger partial charge in [0.25, 0.3) is 0 Å². The van der Waals surface area contributed by atoms with Gasteiger partial charge in [-0.2, -0.15) is 5.10 Å².